The summed E-state index contributed by atoms with van der Waals surface area (Å²) in [5.41, 5.74) is 0. The monoisotopic (exact) mass is 125 g/mol. The van der Waals surface area contributed by atoms with Gasteiger partial charge in [-0.15, -0.1) is 0 Å². The molecule has 0 fully saturated rings. The highest BCUT2D eigenvalue weighted by Gasteiger charge is 2.04. The lowest BCUT2D eigenvalue weighted by Crippen LogP contribution is -1.85. The zero-order chi connectivity index (χ0) is 6.85. The minimum atomic E-state index is -0.830. The standard InChI is InChI=1S/C5H3NO3/c1-3-4(2-6)9-5(7)8-3/h1H3. The quantitative estimate of drug-likeness (QED) is 0.503. The van der Waals surface area contributed by atoms with Crippen LogP contribution in [0.25, 0.3) is 0 Å². The van der Waals surface area contributed by atoms with Gasteiger partial charge in [-0.05, 0) is 6.92 Å². The van der Waals surface area contributed by atoms with Gasteiger partial charge in [0.1, 0.15) is 6.07 Å². The van der Waals surface area contributed by atoms with Crippen LogP contribution in [0.4, 0.5) is 0 Å². The van der Waals surface area contributed by atoms with Crippen molar-refractivity contribution < 1.29 is 8.83 Å². The summed E-state index contributed by atoms with van der Waals surface area (Å²) in [7, 11) is 0. The van der Waals surface area contributed by atoms with Gasteiger partial charge in [-0.3, -0.25) is 0 Å². The Kier molecular flexibility index (Phi) is 1.12. The SMILES string of the molecule is Cc1oc(=O)oc1C#N. The molecule has 0 amide bonds. The highest BCUT2D eigenvalue weighted by Crippen LogP contribution is 2.00. The molecular formula is C5H3NO3. The van der Waals surface area contributed by atoms with Gasteiger partial charge in [0, 0.05) is 0 Å². The molecule has 1 aromatic rings. The van der Waals surface area contributed by atoms with Gasteiger partial charge < -0.3 is 8.83 Å². The third-order valence-corrected chi connectivity index (χ3v) is 0.843. The lowest BCUT2D eigenvalue weighted by molar-refractivity contribution is 0.376. The molecule has 0 radical (unpaired) electrons. The molecule has 0 aromatic carbocycles. The summed E-state index contributed by atoms with van der Waals surface area (Å²) in [5.74, 6) is -0.661. The average molecular weight is 125 g/mol. The molecule has 1 heterocycles. The first-order valence-electron chi connectivity index (χ1n) is 2.24. The largest absolute Gasteiger partial charge is 0.520 e. The Labute approximate surface area is 50.3 Å². The van der Waals surface area contributed by atoms with E-state index >= 15 is 0 Å². The summed E-state index contributed by atoms with van der Waals surface area (Å²) >= 11 is 0. The number of hydrogen-bond acceptors (Lipinski definition) is 4. The molecule has 0 aliphatic carbocycles. The second-order valence-corrected chi connectivity index (χ2v) is 1.45. The summed E-state index contributed by atoms with van der Waals surface area (Å²) in [6, 6.07) is 1.66. The zero-order valence-corrected chi connectivity index (χ0v) is 4.67. The van der Waals surface area contributed by atoms with Gasteiger partial charge >= 0.3 is 5.82 Å². The van der Waals surface area contributed by atoms with E-state index in [0.29, 0.717) is 0 Å². The fourth-order valence-corrected chi connectivity index (χ4v) is 0.449. The van der Waals surface area contributed by atoms with Crippen molar-refractivity contribution in [1.29, 1.82) is 5.26 Å². The molecule has 0 bridgehead atoms. The lowest BCUT2D eigenvalue weighted by Gasteiger charge is -1.71. The smallest absolute Gasteiger partial charge is 0.395 e. The fourth-order valence-electron chi connectivity index (χ4n) is 0.449. The highest BCUT2D eigenvalue weighted by molar-refractivity contribution is 5.17. The minimum Gasteiger partial charge on any atom is -0.395 e. The maximum atomic E-state index is 10.2. The molecule has 1 aromatic heterocycles. The van der Waals surface area contributed by atoms with Crippen LogP contribution in [0.2, 0.25) is 0 Å². The second-order valence-electron chi connectivity index (χ2n) is 1.45. The predicted molar refractivity (Wildman–Crippen MR) is 26.7 cm³/mol. The number of rotatable bonds is 0. The summed E-state index contributed by atoms with van der Waals surface area (Å²) in [5, 5.41) is 8.19. The van der Waals surface area contributed by atoms with Crippen LogP contribution in [-0.2, 0) is 0 Å². The van der Waals surface area contributed by atoms with Gasteiger partial charge in [0.05, 0.1) is 0 Å². The first kappa shape index (κ1) is 5.63. The first-order chi connectivity index (χ1) is 4.24. The maximum Gasteiger partial charge on any atom is 0.520 e. The van der Waals surface area contributed by atoms with Crippen molar-refractivity contribution in [2.75, 3.05) is 0 Å². The maximum absolute atomic E-state index is 10.2. The van der Waals surface area contributed by atoms with Crippen molar-refractivity contribution in [3.63, 3.8) is 0 Å². The zero-order valence-electron chi connectivity index (χ0n) is 4.67. The molecule has 9 heavy (non-hydrogen) atoms. The minimum absolute atomic E-state index is 0.0556. The van der Waals surface area contributed by atoms with Crippen LogP contribution in [-0.4, -0.2) is 0 Å². The van der Waals surface area contributed by atoms with Crippen molar-refractivity contribution in [2.24, 2.45) is 0 Å². The van der Waals surface area contributed by atoms with Crippen molar-refractivity contribution in [3.05, 3.63) is 22.1 Å². The van der Waals surface area contributed by atoms with Gasteiger partial charge in [0.2, 0.25) is 5.76 Å². The van der Waals surface area contributed by atoms with Gasteiger partial charge in [0.15, 0.2) is 5.76 Å². The van der Waals surface area contributed by atoms with Gasteiger partial charge in [-0.1, -0.05) is 0 Å². The molecular weight excluding hydrogens is 122 g/mol. The molecule has 0 saturated heterocycles. The van der Waals surface area contributed by atoms with E-state index < -0.39 is 5.82 Å². The van der Waals surface area contributed by atoms with E-state index in [-0.39, 0.29) is 11.5 Å². The van der Waals surface area contributed by atoms with E-state index in [2.05, 4.69) is 8.83 Å². The normalized spacial score (nSPS) is 8.89. The molecule has 0 unspecified atom stereocenters. The molecule has 4 heteroatoms. The summed E-state index contributed by atoms with van der Waals surface area (Å²) < 4.78 is 8.64. The van der Waals surface area contributed by atoms with E-state index in [0.717, 1.165) is 0 Å². The summed E-state index contributed by atoms with van der Waals surface area (Å²) in [6.45, 7) is 1.49. The van der Waals surface area contributed by atoms with E-state index in [9.17, 15) is 4.79 Å². The Bertz CT molecular complexity index is 301. The Morgan fingerprint density at radius 3 is 2.44 bits per heavy atom. The van der Waals surface area contributed by atoms with Crippen LogP contribution in [0.1, 0.15) is 11.5 Å². The second kappa shape index (κ2) is 1.78. The molecule has 1 rings (SSSR count). The molecule has 0 aliphatic heterocycles. The van der Waals surface area contributed by atoms with Crippen molar-refractivity contribution in [2.45, 2.75) is 6.92 Å². The number of hydrogen-bond donors (Lipinski definition) is 0. The summed E-state index contributed by atoms with van der Waals surface area (Å²) in [4.78, 5) is 10.2. The van der Waals surface area contributed by atoms with Crippen LogP contribution in [0.5, 0.6) is 0 Å². The van der Waals surface area contributed by atoms with E-state index in [1.54, 1.807) is 6.07 Å². The van der Waals surface area contributed by atoms with Crippen LogP contribution in [0.3, 0.4) is 0 Å². The van der Waals surface area contributed by atoms with E-state index in [1.165, 1.54) is 6.92 Å². The topological polar surface area (TPSA) is 67.1 Å². The van der Waals surface area contributed by atoms with E-state index in [4.69, 9.17) is 5.26 Å². The van der Waals surface area contributed by atoms with Crippen LogP contribution >= 0.6 is 0 Å². The first-order valence-corrected chi connectivity index (χ1v) is 2.24. The van der Waals surface area contributed by atoms with Gasteiger partial charge in [-0.25, -0.2) is 4.79 Å². The average Bonchev–Trinajstić information content (AvgIpc) is 2.10. The van der Waals surface area contributed by atoms with Crippen molar-refractivity contribution in [3.8, 4) is 6.07 Å². The fraction of sp³-hybridized carbons (Fsp3) is 0.200. The molecule has 4 nitrogen and oxygen atoms in total. The van der Waals surface area contributed by atoms with Crippen LogP contribution < -0.4 is 5.82 Å². The lowest BCUT2D eigenvalue weighted by atomic mass is 10.4. The van der Waals surface area contributed by atoms with Crippen molar-refractivity contribution >= 4 is 0 Å². The molecule has 0 aliphatic rings. The molecule has 0 saturated carbocycles. The Balaban J connectivity index is 3.37. The number of nitrogens with zero attached hydrogens (tertiary/aromatic N) is 1. The Morgan fingerprint density at radius 2 is 2.22 bits per heavy atom. The van der Waals surface area contributed by atoms with Crippen LogP contribution in [0, 0.1) is 18.3 Å². The van der Waals surface area contributed by atoms with Crippen LogP contribution in [0.15, 0.2) is 13.6 Å². The molecule has 0 spiro atoms. The summed E-state index contributed by atoms with van der Waals surface area (Å²) in [6.07, 6.45) is 0. The third-order valence-electron chi connectivity index (χ3n) is 0.843. The number of nitriles is 1. The molecule has 46 valence electrons. The molecule has 0 N–H and O–H groups in total. The van der Waals surface area contributed by atoms with Gasteiger partial charge in [-0.2, -0.15) is 5.26 Å². The highest BCUT2D eigenvalue weighted by atomic mass is 16.6. The molecule has 0 atom stereocenters. The van der Waals surface area contributed by atoms with Crippen molar-refractivity contribution in [1.82, 2.24) is 0 Å². The third kappa shape index (κ3) is 0.842. The Hall–Kier alpha value is -1.50. The van der Waals surface area contributed by atoms with E-state index in [1.807, 2.05) is 0 Å². The van der Waals surface area contributed by atoms with Gasteiger partial charge in [0.25, 0.3) is 0 Å². The Morgan fingerprint density at radius 1 is 1.56 bits per heavy atom. The number of aryl methyl sites for hydroxylation is 1. The predicted octanol–water partition coefficient (Wildman–Crippen LogP) is 0.413.